The molecule has 3 nitrogen and oxygen atoms in total. The van der Waals surface area contributed by atoms with Crippen molar-refractivity contribution < 1.29 is 9.13 Å². The Labute approximate surface area is 114 Å². The Morgan fingerprint density at radius 2 is 2.26 bits per heavy atom. The molecule has 2 rings (SSSR count). The molecule has 0 bridgehead atoms. The summed E-state index contributed by atoms with van der Waals surface area (Å²) in [5, 5.41) is 3.21. The minimum Gasteiger partial charge on any atom is -0.380 e. The molecule has 106 valence electrons. The molecule has 0 amide bonds. The van der Waals surface area contributed by atoms with Gasteiger partial charge in [-0.3, -0.25) is 0 Å². The SMILES string of the molecule is CNC(CCN1CCC(OC)C1)c1ccccc1F. The molecule has 1 saturated heterocycles. The number of benzene rings is 1. The number of hydrogen-bond acceptors (Lipinski definition) is 3. The van der Waals surface area contributed by atoms with Crippen molar-refractivity contribution in [2.45, 2.75) is 25.0 Å². The molecule has 1 aromatic carbocycles. The van der Waals surface area contributed by atoms with Gasteiger partial charge in [0.15, 0.2) is 0 Å². The van der Waals surface area contributed by atoms with E-state index in [1.807, 2.05) is 19.2 Å². The summed E-state index contributed by atoms with van der Waals surface area (Å²) >= 11 is 0. The number of nitrogens with zero attached hydrogens (tertiary/aromatic N) is 1. The van der Waals surface area contributed by atoms with E-state index in [0.29, 0.717) is 6.10 Å². The molecular formula is C15H23FN2O. The average Bonchev–Trinajstić information content (AvgIpc) is 2.89. The van der Waals surface area contributed by atoms with E-state index >= 15 is 0 Å². The molecule has 1 aromatic rings. The number of ether oxygens (including phenoxy) is 1. The van der Waals surface area contributed by atoms with E-state index in [4.69, 9.17) is 4.74 Å². The first-order valence-electron chi connectivity index (χ1n) is 6.91. The van der Waals surface area contributed by atoms with Crippen LogP contribution in [0.5, 0.6) is 0 Å². The molecule has 0 saturated carbocycles. The van der Waals surface area contributed by atoms with Crippen molar-refractivity contribution in [3.63, 3.8) is 0 Å². The maximum absolute atomic E-state index is 13.8. The second kappa shape index (κ2) is 6.98. The van der Waals surface area contributed by atoms with Crippen LogP contribution in [-0.4, -0.2) is 44.8 Å². The van der Waals surface area contributed by atoms with Crippen LogP contribution in [-0.2, 0) is 4.74 Å². The highest BCUT2D eigenvalue weighted by atomic mass is 19.1. The van der Waals surface area contributed by atoms with Crippen molar-refractivity contribution in [2.75, 3.05) is 33.8 Å². The summed E-state index contributed by atoms with van der Waals surface area (Å²) < 4.78 is 19.1. The summed E-state index contributed by atoms with van der Waals surface area (Å²) in [7, 11) is 3.66. The number of likely N-dealkylation sites (tertiary alicyclic amines) is 1. The molecule has 19 heavy (non-hydrogen) atoms. The van der Waals surface area contributed by atoms with Crippen molar-refractivity contribution in [1.82, 2.24) is 10.2 Å². The van der Waals surface area contributed by atoms with Gasteiger partial charge < -0.3 is 15.0 Å². The van der Waals surface area contributed by atoms with Crippen molar-refractivity contribution in [3.8, 4) is 0 Å². The summed E-state index contributed by atoms with van der Waals surface area (Å²) in [6, 6.07) is 7.08. The number of halogens is 1. The Hall–Kier alpha value is -0.970. The van der Waals surface area contributed by atoms with Crippen LogP contribution >= 0.6 is 0 Å². The van der Waals surface area contributed by atoms with Gasteiger partial charge in [0.25, 0.3) is 0 Å². The third kappa shape index (κ3) is 3.75. The molecule has 0 aromatic heterocycles. The molecule has 0 spiro atoms. The molecule has 1 heterocycles. The van der Waals surface area contributed by atoms with Gasteiger partial charge in [-0.2, -0.15) is 0 Å². The highest BCUT2D eigenvalue weighted by molar-refractivity contribution is 5.21. The summed E-state index contributed by atoms with van der Waals surface area (Å²) in [5.41, 5.74) is 0.757. The van der Waals surface area contributed by atoms with Crippen LogP contribution in [0, 0.1) is 5.82 Å². The molecule has 2 unspecified atom stereocenters. The predicted octanol–water partition coefficient (Wildman–Crippen LogP) is 2.20. The fourth-order valence-corrected chi connectivity index (χ4v) is 2.72. The van der Waals surface area contributed by atoms with E-state index in [2.05, 4.69) is 10.2 Å². The van der Waals surface area contributed by atoms with Crippen LogP contribution in [0.1, 0.15) is 24.4 Å². The van der Waals surface area contributed by atoms with Crippen LogP contribution in [0.3, 0.4) is 0 Å². The van der Waals surface area contributed by atoms with Crippen molar-refractivity contribution in [1.29, 1.82) is 0 Å². The molecule has 1 aliphatic rings. The van der Waals surface area contributed by atoms with Gasteiger partial charge in [-0.25, -0.2) is 4.39 Å². The first-order valence-corrected chi connectivity index (χ1v) is 6.91. The molecule has 2 atom stereocenters. The number of nitrogens with one attached hydrogen (secondary N) is 1. The van der Waals surface area contributed by atoms with E-state index in [1.165, 1.54) is 6.07 Å². The van der Waals surface area contributed by atoms with E-state index in [1.54, 1.807) is 13.2 Å². The van der Waals surface area contributed by atoms with Crippen molar-refractivity contribution in [3.05, 3.63) is 35.6 Å². The molecule has 1 aliphatic heterocycles. The van der Waals surface area contributed by atoms with Crippen LogP contribution in [0.15, 0.2) is 24.3 Å². The molecule has 0 radical (unpaired) electrons. The zero-order chi connectivity index (χ0) is 13.7. The van der Waals surface area contributed by atoms with Gasteiger partial charge in [0.2, 0.25) is 0 Å². The summed E-state index contributed by atoms with van der Waals surface area (Å²) in [4.78, 5) is 2.39. The number of methoxy groups -OCH3 is 1. The summed E-state index contributed by atoms with van der Waals surface area (Å²) in [5.74, 6) is -0.127. The maximum atomic E-state index is 13.8. The second-order valence-corrected chi connectivity index (χ2v) is 5.10. The standard InChI is InChI=1S/C15H23FN2O/c1-17-15(13-5-3-4-6-14(13)16)8-10-18-9-7-12(11-18)19-2/h3-6,12,15,17H,7-11H2,1-2H3. The van der Waals surface area contributed by atoms with Gasteiger partial charge in [0.1, 0.15) is 5.82 Å². The van der Waals surface area contributed by atoms with Gasteiger partial charge in [-0.15, -0.1) is 0 Å². The van der Waals surface area contributed by atoms with Crippen LogP contribution in [0.4, 0.5) is 4.39 Å². The highest BCUT2D eigenvalue weighted by Crippen LogP contribution is 2.21. The van der Waals surface area contributed by atoms with Crippen LogP contribution < -0.4 is 5.32 Å². The van der Waals surface area contributed by atoms with Gasteiger partial charge in [0.05, 0.1) is 6.10 Å². The minimum absolute atomic E-state index is 0.0720. The van der Waals surface area contributed by atoms with Crippen molar-refractivity contribution in [2.24, 2.45) is 0 Å². The lowest BCUT2D eigenvalue weighted by Gasteiger charge is -2.21. The number of hydrogen-bond donors (Lipinski definition) is 1. The first kappa shape index (κ1) is 14.4. The zero-order valence-electron chi connectivity index (χ0n) is 11.7. The summed E-state index contributed by atoms with van der Waals surface area (Å²) in [6.07, 6.45) is 2.37. The Kier molecular flexibility index (Phi) is 5.31. The van der Waals surface area contributed by atoms with Crippen molar-refractivity contribution >= 4 is 0 Å². The quantitative estimate of drug-likeness (QED) is 0.854. The van der Waals surface area contributed by atoms with E-state index in [-0.39, 0.29) is 11.9 Å². The van der Waals surface area contributed by atoms with E-state index in [0.717, 1.165) is 38.0 Å². The van der Waals surface area contributed by atoms with Gasteiger partial charge in [0, 0.05) is 38.3 Å². The first-order chi connectivity index (χ1) is 9.24. The van der Waals surface area contributed by atoms with Crippen LogP contribution in [0.25, 0.3) is 0 Å². The Balaban J connectivity index is 1.88. The lowest BCUT2D eigenvalue weighted by molar-refractivity contribution is 0.107. The maximum Gasteiger partial charge on any atom is 0.127 e. The molecule has 4 heteroatoms. The normalized spacial score (nSPS) is 21.7. The van der Waals surface area contributed by atoms with E-state index < -0.39 is 0 Å². The molecule has 0 aliphatic carbocycles. The lowest BCUT2D eigenvalue weighted by atomic mass is 10.0. The van der Waals surface area contributed by atoms with Gasteiger partial charge in [-0.1, -0.05) is 18.2 Å². The fourth-order valence-electron chi connectivity index (χ4n) is 2.72. The largest absolute Gasteiger partial charge is 0.380 e. The lowest BCUT2D eigenvalue weighted by Crippen LogP contribution is -2.28. The molecular weight excluding hydrogens is 243 g/mol. The fraction of sp³-hybridized carbons (Fsp3) is 0.600. The Bertz CT molecular complexity index is 399. The smallest absolute Gasteiger partial charge is 0.127 e. The second-order valence-electron chi connectivity index (χ2n) is 5.10. The zero-order valence-corrected chi connectivity index (χ0v) is 11.7. The highest BCUT2D eigenvalue weighted by Gasteiger charge is 2.23. The molecule has 1 N–H and O–H groups in total. The predicted molar refractivity (Wildman–Crippen MR) is 74.7 cm³/mol. The monoisotopic (exact) mass is 266 g/mol. The van der Waals surface area contributed by atoms with Gasteiger partial charge >= 0.3 is 0 Å². The van der Waals surface area contributed by atoms with E-state index in [9.17, 15) is 4.39 Å². The number of rotatable bonds is 6. The third-order valence-corrected chi connectivity index (χ3v) is 3.93. The summed E-state index contributed by atoms with van der Waals surface area (Å²) in [6.45, 7) is 3.04. The molecule has 1 fully saturated rings. The Morgan fingerprint density at radius 3 is 2.89 bits per heavy atom. The topological polar surface area (TPSA) is 24.5 Å². The average molecular weight is 266 g/mol. The Morgan fingerprint density at radius 1 is 1.47 bits per heavy atom. The van der Waals surface area contributed by atoms with Crippen LogP contribution in [0.2, 0.25) is 0 Å². The third-order valence-electron chi connectivity index (χ3n) is 3.93. The van der Waals surface area contributed by atoms with Gasteiger partial charge in [-0.05, 0) is 26.0 Å². The minimum atomic E-state index is -0.127.